The predicted octanol–water partition coefficient (Wildman–Crippen LogP) is 4.66. The minimum absolute atomic E-state index is 0.196. The first-order chi connectivity index (χ1) is 14.3. The number of halogens is 1. The monoisotopic (exact) mass is 433 g/mol. The van der Waals surface area contributed by atoms with Crippen molar-refractivity contribution in [2.24, 2.45) is 23.2 Å². The zero-order chi connectivity index (χ0) is 21.1. The van der Waals surface area contributed by atoms with Crippen LogP contribution < -0.4 is 10.9 Å². The second-order valence-electron chi connectivity index (χ2n) is 10.9. The highest BCUT2D eigenvalue weighted by atomic mass is 35.5. The van der Waals surface area contributed by atoms with E-state index in [1.807, 2.05) is 0 Å². The molecule has 0 radical (unpaired) electrons. The SMILES string of the molecule is C[C@H]1CCCC[C@@H]1Nc1cnn(C23C[C@H]4C[C@@H](CC(CC(=O)O)(C4)C2)C3)c(=O)c1Cl. The van der Waals surface area contributed by atoms with Crippen LogP contribution in [0, 0.1) is 23.2 Å². The van der Waals surface area contributed by atoms with Gasteiger partial charge in [-0.2, -0.15) is 5.10 Å². The van der Waals surface area contributed by atoms with Crippen LogP contribution in [0.3, 0.4) is 0 Å². The molecule has 2 N–H and O–H groups in total. The number of rotatable bonds is 5. The zero-order valence-electron chi connectivity index (χ0n) is 17.7. The highest BCUT2D eigenvalue weighted by Crippen LogP contribution is 2.65. The van der Waals surface area contributed by atoms with Crippen molar-refractivity contribution in [1.29, 1.82) is 0 Å². The largest absolute Gasteiger partial charge is 0.481 e. The smallest absolute Gasteiger partial charge is 0.303 e. The maximum absolute atomic E-state index is 13.4. The van der Waals surface area contributed by atoms with Gasteiger partial charge in [-0.1, -0.05) is 31.4 Å². The number of carboxylic acid groups (broad SMARTS) is 1. The highest BCUT2D eigenvalue weighted by molar-refractivity contribution is 6.32. The van der Waals surface area contributed by atoms with E-state index in [0.717, 1.165) is 44.9 Å². The van der Waals surface area contributed by atoms with Crippen LogP contribution in [0.25, 0.3) is 0 Å². The molecule has 1 heterocycles. The number of nitrogens with zero attached hydrogens (tertiary/aromatic N) is 2. The van der Waals surface area contributed by atoms with Crippen LogP contribution in [-0.2, 0) is 10.3 Å². The average molecular weight is 434 g/mol. The third kappa shape index (κ3) is 3.35. The van der Waals surface area contributed by atoms with Crippen molar-refractivity contribution < 1.29 is 9.90 Å². The lowest BCUT2D eigenvalue weighted by atomic mass is 9.46. The summed E-state index contributed by atoms with van der Waals surface area (Å²) in [6.45, 7) is 2.25. The average Bonchev–Trinajstić information content (AvgIpc) is 2.65. The van der Waals surface area contributed by atoms with Gasteiger partial charge in [-0.25, -0.2) is 4.68 Å². The Kier molecular flexibility index (Phi) is 4.92. The number of carboxylic acids is 1. The molecule has 30 heavy (non-hydrogen) atoms. The Morgan fingerprint density at radius 1 is 1.27 bits per heavy atom. The number of aromatic nitrogens is 2. The van der Waals surface area contributed by atoms with Crippen molar-refractivity contribution in [2.75, 3.05) is 5.32 Å². The van der Waals surface area contributed by atoms with E-state index in [1.165, 1.54) is 19.3 Å². The Labute approximate surface area is 182 Å². The van der Waals surface area contributed by atoms with Crippen LogP contribution in [0.4, 0.5) is 5.69 Å². The molecule has 5 saturated carbocycles. The number of carbonyl (C=O) groups is 1. The maximum Gasteiger partial charge on any atom is 0.303 e. The summed E-state index contributed by atoms with van der Waals surface area (Å²) in [6.07, 6.45) is 12.3. The van der Waals surface area contributed by atoms with Crippen molar-refractivity contribution in [3.8, 4) is 0 Å². The standard InChI is InChI=1S/C23H32ClN3O3/c1-14-4-2-3-5-17(14)26-18-12-25-27(21(30)20(18)24)23-9-15-6-16(10-23)8-22(7-15,13-23)11-19(28)29/h12,14-17,26H,2-11,13H2,1H3,(H,28,29)/t14-,15-,16-,17-,22?,23?/m0/s1. The molecule has 0 unspecified atom stereocenters. The lowest BCUT2D eigenvalue weighted by Crippen LogP contribution is -2.59. The first-order valence-electron chi connectivity index (χ1n) is 11.6. The van der Waals surface area contributed by atoms with Gasteiger partial charge in [0.05, 0.1) is 23.8 Å². The molecule has 5 aliphatic rings. The lowest BCUT2D eigenvalue weighted by molar-refractivity contribution is -0.151. The lowest BCUT2D eigenvalue weighted by Gasteiger charge is -2.61. The third-order valence-electron chi connectivity index (χ3n) is 8.50. The number of hydrogen-bond acceptors (Lipinski definition) is 4. The summed E-state index contributed by atoms with van der Waals surface area (Å²) in [5.41, 5.74) is -0.159. The summed E-state index contributed by atoms with van der Waals surface area (Å²) in [5.74, 6) is 0.792. The van der Waals surface area contributed by atoms with E-state index in [9.17, 15) is 14.7 Å². The molecule has 5 aliphatic carbocycles. The molecule has 164 valence electrons. The summed E-state index contributed by atoms with van der Waals surface area (Å²) in [5, 5.41) is 17.9. The van der Waals surface area contributed by atoms with Crippen LogP contribution in [0.1, 0.15) is 77.6 Å². The molecule has 0 aromatic carbocycles. The Hall–Kier alpha value is -1.56. The topological polar surface area (TPSA) is 84.2 Å². The first-order valence-corrected chi connectivity index (χ1v) is 11.9. The number of hydrogen-bond donors (Lipinski definition) is 2. The fraction of sp³-hybridized carbons (Fsp3) is 0.783. The van der Waals surface area contributed by atoms with E-state index >= 15 is 0 Å². The van der Waals surface area contributed by atoms with E-state index in [2.05, 4.69) is 17.3 Å². The Morgan fingerprint density at radius 3 is 2.63 bits per heavy atom. The minimum Gasteiger partial charge on any atom is -0.481 e. The molecule has 0 saturated heterocycles. The predicted molar refractivity (Wildman–Crippen MR) is 116 cm³/mol. The van der Waals surface area contributed by atoms with Crippen LogP contribution in [0.15, 0.2) is 11.0 Å². The summed E-state index contributed by atoms with van der Waals surface area (Å²) in [6, 6.07) is 0.326. The second kappa shape index (κ2) is 7.25. The Balaban J connectivity index is 1.46. The van der Waals surface area contributed by atoms with Crippen LogP contribution in [0.2, 0.25) is 5.02 Å². The summed E-state index contributed by atoms with van der Waals surface area (Å²) < 4.78 is 1.64. The Morgan fingerprint density at radius 2 is 1.97 bits per heavy atom. The van der Waals surface area contributed by atoms with Gasteiger partial charge >= 0.3 is 5.97 Å². The molecule has 7 heteroatoms. The fourth-order valence-corrected chi connectivity index (χ4v) is 7.96. The number of nitrogens with one attached hydrogen (secondary N) is 1. The highest BCUT2D eigenvalue weighted by Gasteiger charge is 2.59. The normalized spacial score (nSPS) is 39.8. The first kappa shape index (κ1) is 20.3. The van der Waals surface area contributed by atoms with E-state index in [0.29, 0.717) is 29.5 Å². The van der Waals surface area contributed by atoms with Gasteiger partial charge in [0.25, 0.3) is 5.56 Å². The van der Waals surface area contributed by atoms with Gasteiger partial charge in [0, 0.05) is 6.04 Å². The summed E-state index contributed by atoms with van der Waals surface area (Å²) in [7, 11) is 0. The van der Waals surface area contributed by atoms with Gasteiger partial charge in [0.1, 0.15) is 5.02 Å². The van der Waals surface area contributed by atoms with Crippen LogP contribution in [-0.4, -0.2) is 26.9 Å². The molecular weight excluding hydrogens is 402 g/mol. The van der Waals surface area contributed by atoms with Gasteiger partial charge in [0.2, 0.25) is 0 Å². The second-order valence-corrected chi connectivity index (χ2v) is 11.2. The molecule has 0 spiro atoms. The number of anilines is 1. The summed E-state index contributed by atoms with van der Waals surface area (Å²) in [4.78, 5) is 25.0. The molecular formula is C23H32ClN3O3. The molecule has 0 amide bonds. The maximum atomic E-state index is 13.4. The van der Waals surface area contributed by atoms with Crippen molar-refractivity contribution in [3.63, 3.8) is 0 Å². The fourth-order valence-electron chi connectivity index (χ4n) is 7.78. The van der Waals surface area contributed by atoms with E-state index in [4.69, 9.17) is 11.6 Å². The summed E-state index contributed by atoms with van der Waals surface area (Å²) >= 11 is 6.59. The molecule has 5 fully saturated rings. The molecule has 4 bridgehead atoms. The van der Waals surface area contributed by atoms with Crippen LogP contribution >= 0.6 is 11.6 Å². The minimum atomic E-state index is -0.730. The third-order valence-corrected chi connectivity index (χ3v) is 8.86. The molecule has 1 aromatic heterocycles. The van der Waals surface area contributed by atoms with Gasteiger partial charge in [-0.3, -0.25) is 9.59 Å². The number of aliphatic carboxylic acids is 1. The molecule has 4 atom stereocenters. The van der Waals surface area contributed by atoms with Gasteiger partial charge in [-0.15, -0.1) is 0 Å². The molecule has 6 nitrogen and oxygen atoms in total. The van der Waals surface area contributed by atoms with Crippen molar-refractivity contribution in [2.45, 2.75) is 89.1 Å². The molecule has 1 aromatic rings. The molecule has 6 rings (SSSR count). The van der Waals surface area contributed by atoms with Gasteiger partial charge in [0.15, 0.2) is 0 Å². The van der Waals surface area contributed by atoms with Gasteiger partial charge < -0.3 is 10.4 Å². The van der Waals surface area contributed by atoms with E-state index < -0.39 is 5.97 Å². The Bertz CT molecular complexity index is 899. The van der Waals surface area contributed by atoms with Crippen molar-refractivity contribution >= 4 is 23.3 Å². The van der Waals surface area contributed by atoms with Gasteiger partial charge in [-0.05, 0) is 74.5 Å². The zero-order valence-corrected chi connectivity index (χ0v) is 18.5. The van der Waals surface area contributed by atoms with E-state index in [1.54, 1.807) is 10.9 Å². The van der Waals surface area contributed by atoms with E-state index in [-0.39, 0.29) is 28.0 Å². The molecule has 0 aliphatic heterocycles. The quantitative estimate of drug-likeness (QED) is 0.705. The van der Waals surface area contributed by atoms with Crippen molar-refractivity contribution in [1.82, 2.24) is 9.78 Å². The van der Waals surface area contributed by atoms with Crippen LogP contribution in [0.5, 0.6) is 0 Å². The van der Waals surface area contributed by atoms with Crippen molar-refractivity contribution in [3.05, 3.63) is 21.6 Å².